The SMILES string of the molecule is CC(Cc1ccccc1)N1CCC(CCC(=O)c2cc3c4c(c2)CCC(=O)N4CCC3)CC1.Cl. The van der Waals surface area contributed by atoms with Gasteiger partial charge in [-0.15, -0.1) is 12.4 Å². The largest absolute Gasteiger partial charge is 0.312 e. The fraction of sp³-hybridized carbons (Fsp3) is 0.517. The number of likely N-dealkylation sites (tertiary alicyclic amines) is 1. The second-order valence-corrected chi connectivity index (χ2v) is 10.3. The van der Waals surface area contributed by atoms with E-state index in [-0.39, 0.29) is 24.1 Å². The summed E-state index contributed by atoms with van der Waals surface area (Å²) in [5.74, 6) is 1.17. The van der Waals surface area contributed by atoms with E-state index >= 15 is 0 Å². The van der Waals surface area contributed by atoms with Crippen molar-refractivity contribution in [2.45, 2.75) is 70.8 Å². The fourth-order valence-corrected chi connectivity index (χ4v) is 6.06. The summed E-state index contributed by atoms with van der Waals surface area (Å²) in [4.78, 5) is 29.9. The third-order valence-corrected chi connectivity index (χ3v) is 8.02. The summed E-state index contributed by atoms with van der Waals surface area (Å²) in [6.07, 6.45) is 8.46. The molecule has 0 bridgehead atoms. The standard InChI is InChI=1S/C29H36N2O2.ClH/c1-21(18-23-6-3-2-4-7-23)30-16-13-22(14-17-30)9-11-27(32)26-19-24-8-5-15-31-28(33)12-10-25(20-26)29(24)31;/h2-4,6-7,19-22H,5,8-18H2,1H3;1H. The van der Waals surface area contributed by atoms with Gasteiger partial charge in [-0.25, -0.2) is 0 Å². The van der Waals surface area contributed by atoms with Gasteiger partial charge < -0.3 is 9.80 Å². The summed E-state index contributed by atoms with van der Waals surface area (Å²) in [6.45, 7) is 5.45. The van der Waals surface area contributed by atoms with Gasteiger partial charge in [-0.1, -0.05) is 30.3 Å². The van der Waals surface area contributed by atoms with Gasteiger partial charge in [0, 0.05) is 31.0 Å². The number of hydrogen-bond acceptors (Lipinski definition) is 3. The summed E-state index contributed by atoms with van der Waals surface area (Å²) in [6, 6.07) is 15.5. The zero-order chi connectivity index (χ0) is 22.8. The van der Waals surface area contributed by atoms with Crippen molar-refractivity contribution in [3.63, 3.8) is 0 Å². The van der Waals surface area contributed by atoms with Crippen molar-refractivity contribution in [3.05, 3.63) is 64.7 Å². The van der Waals surface area contributed by atoms with Crippen molar-refractivity contribution < 1.29 is 9.59 Å². The van der Waals surface area contributed by atoms with Gasteiger partial charge in [0.05, 0.1) is 5.69 Å². The minimum atomic E-state index is 0. The Kier molecular flexibility index (Phi) is 8.10. The summed E-state index contributed by atoms with van der Waals surface area (Å²) in [5.41, 5.74) is 5.81. The molecule has 2 aromatic rings. The van der Waals surface area contributed by atoms with Gasteiger partial charge in [0.25, 0.3) is 0 Å². The van der Waals surface area contributed by atoms with E-state index in [1.165, 1.54) is 29.5 Å². The Morgan fingerprint density at radius 2 is 1.71 bits per heavy atom. The van der Waals surface area contributed by atoms with Crippen LogP contribution in [0.15, 0.2) is 42.5 Å². The minimum absolute atomic E-state index is 0. The van der Waals surface area contributed by atoms with E-state index in [9.17, 15) is 9.59 Å². The predicted octanol–water partition coefficient (Wildman–Crippen LogP) is 5.64. The Hall–Kier alpha value is -2.17. The quantitative estimate of drug-likeness (QED) is 0.481. The molecule has 1 atom stereocenters. The molecule has 0 aromatic heterocycles. The Balaban J connectivity index is 0.00000274. The number of halogens is 1. The van der Waals surface area contributed by atoms with Crippen LogP contribution in [0.1, 0.15) is 72.5 Å². The Morgan fingerprint density at radius 1 is 1.00 bits per heavy atom. The Labute approximate surface area is 210 Å². The summed E-state index contributed by atoms with van der Waals surface area (Å²) in [5, 5.41) is 0. The lowest BCUT2D eigenvalue weighted by atomic mass is 9.86. The van der Waals surface area contributed by atoms with Crippen molar-refractivity contribution in [2.24, 2.45) is 5.92 Å². The highest BCUT2D eigenvalue weighted by molar-refractivity contribution is 6.01. The van der Waals surface area contributed by atoms with Gasteiger partial charge in [0.2, 0.25) is 5.91 Å². The number of hydrogen-bond donors (Lipinski definition) is 0. The first-order valence-corrected chi connectivity index (χ1v) is 12.9. The minimum Gasteiger partial charge on any atom is -0.312 e. The van der Waals surface area contributed by atoms with E-state index in [0.717, 1.165) is 63.0 Å². The van der Waals surface area contributed by atoms with Crippen LogP contribution >= 0.6 is 12.4 Å². The zero-order valence-corrected chi connectivity index (χ0v) is 21.1. The highest BCUT2D eigenvalue weighted by atomic mass is 35.5. The molecule has 1 amide bonds. The number of Topliss-reactive ketones (excluding diaryl/α,β-unsaturated/α-hetero) is 1. The molecule has 3 heterocycles. The van der Waals surface area contributed by atoms with E-state index in [0.29, 0.717) is 24.8 Å². The normalized spacial score (nSPS) is 19.3. The van der Waals surface area contributed by atoms with Gasteiger partial charge in [-0.05, 0) is 99.7 Å². The van der Waals surface area contributed by atoms with E-state index in [1.807, 2.05) is 4.90 Å². The molecule has 0 radical (unpaired) electrons. The van der Waals surface area contributed by atoms with Crippen LogP contribution < -0.4 is 4.90 Å². The molecule has 3 aliphatic heterocycles. The van der Waals surface area contributed by atoms with Crippen LogP contribution in [0.3, 0.4) is 0 Å². The van der Waals surface area contributed by atoms with Gasteiger partial charge in [-0.2, -0.15) is 0 Å². The fourth-order valence-electron chi connectivity index (χ4n) is 6.06. The maximum Gasteiger partial charge on any atom is 0.227 e. The number of aryl methyl sites for hydroxylation is 2. The van der Waals surface area contributed by atoms with Crippen LogP contribution in [0, 0.1) is 5.92 Å². The summed E-state index contributed by atoms with van der Waals surface area (Å²) in [7, 11) is 0. The second kappa shape index (κ2) is 11.0. The number of carbonyl (C=O) groups excluding carboxylic acids is 2. The van der Waals surface area contributed by atoms with E-state index in [1.54, 1.807) is 0 Å². The summed E-state index contributed by atoms with van der Waals surface area (Å²) < 4.78 is 0. The van der Waals surface area contributed by atoms with E-state index in [2.05, 4.69) is 54.3 Å². The number of amides is 1. The van der Waals surface area contributed by atoms with Crippen LogP contribution in [0.4, 0.5) is 5.69 Å². The Morgan fingerprint density at radius 3 is 2.44 bits per heavy atom. The van der Waals surface area contributed by atoms with Crippen LogP contribution in [0.25, 0.3) is 0 Å². The molecule has 0 N–H and O–H groups in total. The molecular formula is C29H37ClN2O2. The number of carbonyl (C=O) groups is 2. The molecule has 34 heavy (non-hydrogen) atoms. The first-order valence-electron chi connectivity index (χ1n) is 12.9. The molecule has 4 nitrogen and oxygen atoms in total. The molecule has 0 saturated carbocycles. The molecule has 3 aliphatic rings. The number of anilines is 1. The zero-order valence-electron chi connectivity index (χ0n) is 20.3. The maximum absolute atomic E-state index is 13.1. The predicted molar refractivity (Wildman–Crippen MR) is 140 cm³/mol. The van der Waals surface area contributed by atoms with Gasteiger partial charge in [-0.3, -0.25) is 9.59 Å². The molecule has 5 rings (SSSR count). The van der Waals surface area contributed by atoms with Crippen molar-refractivity contribution in [1.29, 1.82) is 0 Å². The molecule has 1 saturated heterocycles. The molecule has 1 fully saturated rings. The van der Waals surface area contributed by atoms with Crippen LogP contribution in [-0.2, 0) is 24.1 Å². The molecule has 0 aliphatic carbocycles. The van der Waals surface area contributed by atoms with Crippen molar-refractivity contribution >= 4 is 29.8 Å². The molecule has 2 aromatic carbocycles. The first-order chi connectivity index (χ1) is 16.1. The number of piperidine rings is 1. The maximum atomic E-state index is 13.1. The smallest absolute Gasteiger partial charge is 0.227 e. The lowest BCUT2D eigenvalue weighted by molar-refractivity contribution is -0.119. The number of nitrogens with zero attached hydrogens (tertiary/aromatic N) is 2. The van der Waals surface area contributed by atoms with Gasteiger partial charge >= 0.3 is 0 Å². The van der Waals surface area contributed by atoms with E-state index in [4.69, 9.17) is 0 Å². The number of benzene rings is 2. The summed E-state index contributed by atoms with van der Waals surface area (Å²) >= 11 is 0. The van der Waals surface area contributed by atoms with E-state index < -0.39 is 0 Å². The van der Waals surface area contributed by atoms with Crippen LogP contribution in [0.2, 0.25) is 0 Å². The molecular weight excluding hydrogens is 444 g/mol. The average Bonchev–Trinajstić information content (AvgIpc) is 2.85. The monoisotopic (exact) mass is 480 g/mol. The third kappa shape index (κ3) is 5.39. The van der Waals surface area contributed by atoms with Gasteiger partial charge in [0.1, 0.15) is 0 Å². The lowest BCUT2D eigenvalue weighted by Crippen LogP contribution is -2.41. The molecule has 0 spiro atoms. The van der Waals surface area contributed by atoms with Crippen molar-refractivity contribution in [2.75, 3.05) is 24.5 Å². The number of ketones is 1. The third-order valence-electron chi connectivity index (χ3n) is 8.02. The Bertz CT molecular complexity index is 997. The number of rotatable bonds is 7. The molecule has 5 heteroatoms. The second-order valence-electron chi connectivity index (χ2n) is 10.3. The van der Waals surface area contributed by atoms with Crippen molar-refractivity contribution in [3.8, 4) is 0 Å². The topological polar surface area (TPSA) is 40.6 Å². The van der Waals surface area contributed by atoms with Crippen LogP contribution in [0.5, 0.6) is 0 Å². The first kappa shape index (κ1) is 24.9. The average molecular weight is 481 g/mol. The van der Waals surface area contributed by atoms with Crippen LogP contribution in [-0.4, -0.2) is 42.3 Å². The highest BCUT2D eigenvalue weighted by Crippen LogP contribution is 2.37. The highest BCUT2D eigenvalue weighted by Gasteiger charge is 2.30. The van der Waals surface area contributed by atoms with Gasteiger partial charge in [0.15, 0.2) is 5.78 Å². The molecule has 1 unspecified atom stereocenters. The lowest BCUT2D eigenvalue weighted by Gasteiger charge is -2.36. The van der Waals surface area contributed by atoms with Crippen molar-refractivity contribution in [1.82, 2.24) is 4.90 Å². The molecule has 182 valence electrons.